The average molecular weight is 411 g/mol. The van der Waals surface area contributed by atoms with E-state index in [4.69, 9.17) is 0 Å². The van der Waals surface area contributed by atoms with Crippen LogP contribution in [0.3, 0.4) is 0 Å². The van der Waals surface area contributed by atoms with Gasteiger partial charge in [-0.2, -0.15) is 13.2 Å². The van der Waals surface area contributed by atoms with Crippen molar-refractivity contribution < 1.29 is 27.2 Å². The van der Waals surface area contributed by atoms with Gasteiger partial charge in [0.1, 0.15) is 12.4 Å². The Labute approximate surface area is 165 Å². The Balaban J connectivity index is 1.77. The van der Waals surface area contributed by atoms with Gasteiger partial charge in [0.05, 0.1) is 6.54 Å². The molecule has 5 nitrogen and oxygen atoms in total. The van der Waals surface area contributed by atoms with Crippen LogP contribution in [-0.4, -0.2) is 43.0 Å². The molecule has 0 saturated heterocycles. The molecule has 0 atom stereocenters. The van der Waals surface area contributed by atoms with Crippen molar-refractivity contribution in [1.29, 1.82) is 0 Å². The van der Waals surface area contributed by atoms with Crippen LogP contribution in [0, 0.1) is 5.82 Å². The van der Waals surface area contributed by atoms with E-state index in [0.29, 0.717) is 6.54 Å². The maximum atomic E-state index is 12.9. The fourth-order valence-electron chi connectivity index (χ4n) is 2.52. The van der Waals surface area contributed by atoms with Crippen LogP contribution in [0.2, 0.25) is 0 Å². The van der Waals surface area contributed by atoms with E-state index < -0.39 is 18.6 Å². The van der Waals surface area contributed by atoms with E-state index in [1.54, 1.807) is 36.2 Å². The number of carbonyl (C=O) groups excluding carboxylic acids is 2. The summed E-state index contributed by atoms with van der Waals surface area (Å²) in [5, 5.41) is 4.55. The lowest BCUT2D eigenvalue weighted by molar-refractivity contribution is -0.123. The minimum atomic E-state index is -4.46. The van der Waals surface area contributed by atoms with Crippen molar-refractivity contribution in [2.75, 3.05) is 20.1 Å². The quantitative estimate of drug-likeness (QED) is 0.657. The van der Waals surface area contributed by atoms with Gasteiger partial charge in [-0.15, -0.1) is 0 Å². The van der Waals surface area contributed by atoms with Crippen LogP contribution < -0.4 is 10.6 Å². The molecule has 2 aromatic carbocycles. The van der Waals surface area contributed by atoms with E-state index in [9.17, 15) is 27.2 Å². The zero-order valence-electron chi connectivity index (χ0n) is 15.7. The number of rotatable bonds is 8. The van der Waals surface area contributed by atoms with E-state index in [0.717, 1.165) is 11.1 Å². The van der Waals surface area contributed by atoms with Gasteiger partial charge < -0.3 is 10.6 Å². The molecule has 2 aromatic rings. The van der Waals surface area contributed by atoms with Crippen LogP contribution in [0.25, 0.3) is 0 Å². The number of hydrogen-bond acceptors (Lipinski definition) is 3. The summed E-state index contributed by atoms with van der Waals surface area (Å²) in [4.78, 5) is 25.4. The average Bonchev–Trinajstić information content (AvgIpc) is 2.65. The van der Waals surface area contributed by atoms with Gasteiger partial charge in [0.2, 0.25) is 5.91 Å². The van der Waals surface area contributed by atoms with Gasteiger partial charge in [0, 0.05) is 18.7 Å². The molecule has 156 valence electrons. The molecule has 2 amide bonds. The molecule has 0 fully saturated rings. The molecular weight excluding hydrogens is 390 g/mol. The van der Waals surface area contributed by atoms with Crippen molar-refractivity contribution in [2.45, 2.75) is 19.3 Å². The van der Waals surface area contributed by atoms with Crippen molar-refractivity contribution in [3.8, 4) is 0 Å². The van der Waals surface area contributed by atoms with Crippen LogP contribution in [0.4, 0.5) is 17.6 Å². The summed E-state index contributed by atoms with van der Waals surface area (Å²) in [7, 11) is 1.74. The highest BCUT2D eigenvalue weighted by Crippen LogP contribution is 2.13. The number of benzene rings is 2. The predicted molar refractivity (Wildman–Crippen MR) is 99.4 cm³/mol. The Hall–Kier alpha value is -2.94. The maximum absolute atomic E-state index is 12.9. The molecule has 0 aliphatic heterocycles. The SMILES string of the molecule is CN(CC(=O)NCc1ccc(F)cc1)Cc1ccc(C(=O)NCC(F)(F)F)cc1. The van der Waals surface area contributed by atoms with E-state index in [-0.39, 0.29) is 30.4 Å². The standard InChI is InChI=1S/C20H21F4N3O2/c1-27(12-18(28)25-10-14-4-8-17(21)9-5-14)11-15-2-6-16(7-3-15)19(29)26-13-20(22,23)24/h2-9H,10-13H2,1H3,(H,25,28)(H,26,29). The van der Waals surface area contributed by atoms with Crippen molar-refractivity contribution in [3.05, 3.63) is 71.0 Å². The Bertz CT molecular complexity index is 821. The fraction of sp³-hybridized carbons (Fsp3) is 0.300. The Morgan fingerprint density at radius 1 is 0.931 bits per heavy atom. The third-order valence-corrected chi connectivity index (χ3v) is 3.93. The number of likely N-dealkylation sites (N-methyl/N-ethyl adjacent to an activating group) is 1. The summed E-state index contributed by atoms with van der Waals surface area (Å²) < 4.78 is 49.3. The zero-order valence-corrected chi connectivity index (χ0v) is 15.7. The molecule has 0 heterocycles. The van der Waals surface area contributed by atoms with Crippen LogP contribution in [0.15, 0.2) is 48.5 Å². The first-order valence-corrected chi connectivity index (χ1v) is 8.76. The number of nitrogens with zero attached hydrogens (tertiary/aromatic N) is 1. The molecule has 0 aliphatic carbocycles. The molecule has 0 aliphatic rings. The topological polar surface area (TPSA) is 61.4 Å². The van der Waals surface area contributed by atoms with Gasteiger partial charge >= 0.3 is 6.18 Å². The largest absolute Gasteiger partial charge is 0.405 e. The van der Waals surface area contributed by atoms with Crippen molar-refractivity contribution >= 4 is 11.8 Å². The first kappa shape index (κ1) is 22.4. The molecule has 2 rings (SSSR count). The van der Waals surface area contributed by atoms with E-state index in [1.165, 1.54) is 24.3 Å². The van der Waals surface area contributed by atoms with E-state index in [1.807, 2.05) is 5.32 Å². The van der Waals surface area contributed by atoms with Crippen molar-refractivity contribution in [3.63, 3.8) is 0 Å². The number of hydrogen-bond donors (Lipinski definition) is 2. The molecule has 0 unspecified atom stereocenters. The molecular formula is C20H21F4N3O2. The fourth-order valence-corrected chi connectivity index (χ4v) is 2.52. The van der Waals surface area contributed by atoms with E-state index >= 15 is 0 Å². The Morgan fingerprint density at radius 3 is 2.10 bits per heavy atom. The summed E-state index contributed by atoms with van der Waals surface area (Å²) in [5.41, 5.74) is 1.70. The predicted octanol–water partition coefficient (Wildman–Crippen LogP) is 2.87. The lowest BCUT2D eigenvalue weighted by atomic mass is 10.1. The van der Waals surface area contributed by atoms with Gasteiger partial charge in [0.25, 0.3) is 5.91 Å². The van der Waals surface area contributed by atoms with Crippen molar-refractivity contribution in [1.82, 2.24) is 15.5 Å². The normalized spacial score (nSPS) is 11.4. The monoisotopic (exact) mass is 411 g/mol. The maximum Gasteiger partial charge on any atom is 0.405 e. The van der Waals surface area contributed by atoms with Gasteiger partial charge in [-0.25, -0.2) is 4.39 Å². The molecule has 0 saturated carbocycles. The highest BCUT2D eigenvalue weighted by atomic mass is 19.4. The number of nitrogens with one attached hydrogen (secondary N) is 2. The summed E-state index contributed by atoms with van der Waals surface area (Å²) >= 11 is 0. The van der Waals surface area contributed by atoms with E-state index in [2.05, 4.69) is 5.32 Å². The number of carbonyl (C=O) groups is 2. The Morgan fingerprint density at radius 2 is 1.52 bits per heavy atom. The van der Waals surface area contributed by atoms with Crippen LogP contribution in [0.1, 0.15) is 21.5 Å². The van der Waals surface area contributed by atoms with Crippen LogP contribution in [0.5, 0.6) is 0 Å². The first-order chi connectivity index (χ1) is 13.6. The lowest BCUT2D eigenvalue weighted by Crippen LogP contribution is -2.34. The van der Waals surface area contributed by atoms with Crippen LogP contribution in [-0.2, 0) is 17.9 Å². The molecule has 0 aromatic heterocycles. The van der Waals surface area contributed by atoms with Crippen LogP contribution >= 0.6 is 0 Å². The first-order valence-electron chi connectivity index (χ1n) is 8.76. The molecule has 9 heteroatoms. The zero-order chi connectivity index (χ0) is 21.4. The third kappa shape index (κ3) is 8.30. The minimum Gasteiger partial charge on any atom is -0.351 e. The third-order valence-electron chi connectivity index (χ3n) is 3.93. The minimum absolute atomic E-state index is 0.120. The highest BCUT2D eigenvalue weighted by Gasteiger charge is 2.27. The van der Waals surface area contributed by atoms with Gasteiger partial charge in [0.15, 0.2) is 0 Å². The highest BCUT2D eigenvalue weighted by molar-refractivity contribution is 5.94. The summed E-state index contributed by atoms with van der Waals surface area (Å²) in [6.45, 7) is -0.568. The van der Waals surface area contributed by atoms with Crippen molar-refractivity contribution in [2.24, 2.45) is 0 Å². The number of alkyl halides is 3. The number of halogens is 4. The second kappa shape index (κ2) is 10.0. The summed E-state index contributed by atoms with van der Waals surface area (Å²) in [6, 6.07) is 11.9. The number of amides is 2. The lowest BCUT2D eigenvalue weighted by Gasteiger charge is -2.16. The van der Waals surface area contributed by atoms with Gasteiger partial charge in [-0.05, 0) is 42.4 Å². The Kier molecular flexibility index (Phi) is 7.72. The van der Waals surface area contributed by atoms with Gasteiger partial charge in [-0.3, -0.25) is 14.5 Å². The second-order valence-electron chi connectivity index (χ2n) is 6.57. The summed E-state index contributed by atoms with van der Waals surface area (Å²) in [5.74, 6) is -1.36. The molecule has 0 spiro atoms. The second-order valence-corrected chi connectivity index (χ2v) is 6.57. The molecule has 2 N–H and O–H groups in total. The summed E-state index contributed by atoms with van der Waals surface area (Å²) in [6.07, 6.45) is -4.46. The molecule has 29 heavy (non-hydrogen) atoms. The molecule has 0 bridgehead atoms. The van der Waals surface area contributed by atoms with Gasteiger partial charge in [-0.1, -0.05) is 24.3 Å². The smallest absolute Gasteiger partial charge is 0.351 e. The molecule has 0 radical (unpaired) electrons.